The minimum absolute atomic E-state index is 0.0224. The van der Waals surface area contributed by atoms with E-state index in [1.807, 2.05) is 9.80 Å². The van der Waals surface area contributed by atoms with Crippen molar-refractivity contribution in [3.05, 3.63) is 34.6 Å². The van der Waals surface area contributed by atoms with Crippen LogP contribution in [0.25, 0.3) is 0 Å². The predicted molar refractivity (Wildman–Crippen MR) is 98.2 cm³/mol. The number of likely N-dealkylation sites (tertiary alicyclic amines) is 1. The lowest BCUT2D eigenvalue weighted by Crippen LogP contribution is -2.56. The topological polar surface area (TPSA) is 52.7 Å². The SMILES string of the molecule is CC1CCN(C(=O)C[C@@H]2C(=O)NCCN2Cc2ccc(F)cc2Cl)CC1. The molecule has 1 aromatic rings. The summed E-state index contributed by atoms with van der Waals surface area (Å²) in [7, 11) is 0. The number of hydrogen-bond donors (Lipinski definition) is 1. The number of halogens is 2. The van der Waals surface area contributed by atoms with E-state index < -0.39 is 6.04 Å². The molecule has 2 heterocycles. The molecule has 1 atom stereocenters. The van der Waals surface area contributed by atoms with E-state index in [9.17, 15) is 14.0 Å². The van der Waals surface area contributed by atoms with Gasteiger partial charge in [-0.3, -0.25) is 14.5 Å². The minimum Gasteiger partial charge on any atom is -0.353 e. The molecule has 5 nitrogen and oxygen atoms in total. The summed E-state index contributed by atoms with van der Waals surface area (Å²) in [6.07, 6.45) is 2.19. The highest BCUT2D eigenvalue weighted by atomic mass is 35.5. The van der Waals surface area contributed by atoms with Crippen LogP contribution in [0, 0.1) is 11.7 Å². The summed E-state index contributed by atoms with van der Waals surface area (Å²) in [6.45, 7) is 5.31. The van der Waals surface area contributed by atoms with Crippen molar-refractivity contribution >= 4 is 23.4 Å². The predicted octanol–water partition coefficient (Wildman–Crippen LogP) is 2.43. The molecule has 142 valence electrons. The summed E-state index contributed by atoms with van der Waals surface area (Å²) < 4.78 is 13.3. The molecule has 0 spiro atoms. The molecule has 1 aromatic carbocycles. The summed E-state index contributed by atoms with van der Waals surface area (Å²) in [5.41, 5.74) is 0.756. The van der Waals surface area contributed by atoms with Crippen molar-refractivity contribution < 1.29 is 14.0 Å². The van der Waals surface area contributed by atoms with Gasteiger partial charge < -0.3 is 10.2 Å². The van der Waals surface area contributed by atoms with Gasteiger partial charge in [-0.2, -0.15) is 0 Å². The first-order valence-corrected chi connectivity index (χ1v) is 9.55. The van der Waals surface area contributed by atoms with Crippen molar-refractivity contribution in [1.82, 2.24) is 15.1 Å². The number of rotatable bonds is 4. The maximum atomic E-state index is 13.3. The third kappa shape index (κ3) is 4.54. The number of piperidine rings is 1. The number of amides is 2. The van der Waals surface area contributed by atoms with Gasteiger partial charge in [0.2, 0.25) is 11.8 Å². The molecule has 0 aliphatic carbocycles. The standard InChI is InChI=1S/C19H25ClFN3O2/c1-13-4-7-23(8-5-13)18(25)11-17-19(26)22-6-9-24(17)12-14-2-3-15(21)10-16(14)20/h2-3,10,13,17H,4-9,11-12H2,1H3,(H,22,26)/t17-/m1/s1. The summed E-state index contributed by atoms with van der Waals surface area (Å²) in [5, 5.41) is 3.18. The Balaban J connectivity index is 1.68. The molecule has 7 heteroatoms. The lowest BCUT2D eigenvalue weighted by molar-refractivity contribution is -0.140. The molecule has 0 bridgehead atoms. The Morgan fingerprint density at radius 1 is 1.31 bits per heavy atom. The van der Waals surface area contributed by atoms with E-state index in [0.29, 0.717) is 30.6 Å². The van der Waals surface area contributed by atoms with Crippen LogP contribution in [-0.2, 0) is 16.1 Å². The molecule has 3 rings (SSSR count). The van der Waals surface area contributed by atoms with Crippen LogP contribution in [0.2, 0.25) is 5.02 Å². The van der Waals surface area contributed by atoms with Crippen LogP contribution in [0.4, 0.5) is 4.39 Å². The summed E-state index contributed by atoms with van der Waals surface area (Å²) >= 11 is 6.13. The first-order valence-electron chi connectivity index (χ1n) is 9.17. The number of carbonyl (C=O) groups is 2. The van der Waals surface area contributed by atoms with Crippen LogP contribution >= 0.6 is 11.6 Å². The largest absolute Gasteiger partial charge is 0.353 e. The molecule has 26 heavy (non-hydrogen) atoms. The van der Waals surface area contributed by atoms with Gasteiger partial charge in [-0.25, -0.2) is 4.39 Å². The zero-order valence-corrected chi connectivity index (χ0v) is 15.8. The number of piperazine rings is 1. The fourth-order valence-electron chi connectivity index (χ4n) is 3.59. The smallest absolute Gasteiger partial charge is 0.237 e. The maximum absolute atomic E-state index is 13.3. The molecular formula is C19H25ClFN3O2. The highest BCUT2D eigenvalue weighted by Crippen LogP contribution is 2.23. The van der Waals surface area contributed by atoms with E-state index in [2.05, 4.69) is 12.2 Å². The zero-order chi connectivity index (χ0) is 18.7. The zero-order valence-electron chi connectivity index (χ0n) is 15.0. The Hall–Kier alpha value is -1.66. The van der Waals surface area contributed by atoms with Crippen LogP contribution in [-0.4, -0.2) is 53.8 Å². The Bertz CT molecular complexity index is 677. The molecule has 1 N–H and O–H groups in total. The lowest BCUT2D eigenvalue weighted by Gasteiger charge is -2.37. The fourth-order valence-corrected chi connectivity index (χ4v) is 3.82. The Kier molecular flexibility index (Phi) is 6.14. The Morgan fingerprint density at radius 2 is 2.04 bits per heavy atom. The molecule has 0 radical (unpaired) electrons. The molecule has 0 unspecified atom stereocenters. The van der Waals surface area contributed by atoms with Crippen molar-refractivity contribution in [3.8, 4) is 0 Å². The van der Waals surface area contributed by atoms with Crippen LogP contribution in [0.1, 0.15) is 31.7 Å². The van der Waals surface area contributed by atoms with Gasteiger partial charge in [0.15, 0.2) is 0 Å². The normalized spacial score (nSPS) is 22.3. The fraction of sp³-hybridized carbons (Fsp3) is 0.579. The molecule has 2 amide bonds. The number of nitrogens with one attached hydrogen (secondary N) is 1. The first kappa shape index (κ1) is 19.1. The van der Waals surface area contributed by atoms with E-state index in [1.165, 1.54) is 12.1 Å². The van der Waals surface area contributed by atoms with Crippen LogP contribution < -0.4 is 5.32 Å². The third-order valence-corrected chi connectivity index (χ3v) is 5.69. The van der Waals surface area contributed by atoms with Crippen LogP contribution in [0.3, 0.4) is 0 Å². The quantitative estimate of drug-likeness (QED) is 0.871. The maximum Gasteiger partial charge on any atom is 0.237 e. The van der Waals surface area contributed by atoms with E-state index in [1.54, 1.807) is 6.07 Å². The average molecular weight is 382 g/mol. The van der Waals surface area contributed by atoms with Crippen molar-refractivity contribution in [2.45, 2.75) is 38.8 Å². The van der Waals surface area contributed by atoms with Gasteiger partial charge >= 0.3 is 0 Å². The third-order valence-electron chi connectivity index (χ3n) is 5.33. The molecule has 0 saturated carbocycles. The van der Waals surface area contributed by atoms with E-state index in [4.69, 9.17) is 11.6 Å². The molecule has 2 aliphatic rings. The first-order chi connectivity index (χ1) is 12.4. The van der Waals surface area contributed by atoms with Crippen LogP contribution in [0.5, 0.6) is 0 Å². The second-order valence-electron chi connectivity index (χ2n) is 7.28. The second-order valence-corrected chi connectivity index (χ2v) is 7.69. The van der Waals surface area contributed by atoms with Gasteiger partial charge in [-0.15, -0.1) is 0 Å². The Labute approximate surface area is 158 Å². The van der Waals surface area contributed by atoms with Gasteiger partial charge in [0.25, 0.3) is 0 Å². The summed E-state index contributed by atoms with van der Waals surface area (Å²) in [5.74, 6) is 0.151. The van der Waals surface area contributed by atoms with E-state index in [0.717, 1.165) is 31.5 Å². The number of hydrogen-bond acceptors (Lipinski definition) is 3. The molecule has 2 saturated heterocycles. The molecule has 2 fully saturated rings. The number of carbonyl (C=O) groups excluding carboxylic acids is 2. The van der Waals surface area contributed by atoms with E-state index >= 15 is 0 Å². The summed E-state index contributed by atoms with van der Waals surface area (Å²) in [4.78, 5) is 28.9. The molecule has 0 aromatic heterocycles. The monoisotopic (exact) mass is 381 g/mol. The van der Waals surface area contributed by atoms with Gasteiger partial charge in [0.1, 0.15) is 5.82 Å². The highest BCUT2D eigenvalue weighted by Gasteiger charge is 2.33. The molecular weight excluding hydrogens is 357 g/mol. The second kappa shape index (κ2) is 8.35. The van der Waals surface area contributed by atoms with Crippen LogP contribution in [0.15, 0.2) is 18.2 Å². The average Bonchev–Trinajstić information content (AvgIpc) is 2.60. The highest BCUT2D eigenvalue weighted by molar-refractivity contribution is 6.31. The van der Waals surface area contributed by atoms with Gasteiger partial charge in [0.05, 0.1) is 12.5 Å². The van der Waals surface area contributed by atoms with Crippen molar-refractivity contribution in [2.75, 3.05) is 26.2 Å². The van der Waals surface area contributed by atoms with Gasteiger partial charge in [0, 0.05) is 37.7 Å². The van der Waals surface area contributed by atoms with Crippen molar-refractivity contribution in [2.24, 2.45) is 5.92 Å². The van der Waals surface area contributed by atoms with E-state index in [-0.39, 0.29) is 24.1 Å². The van der Waals surface area contributed by atoms with Gasteiger partial charge in [-0.05, 0) is 36.5 Å². The lowest BCUT2D eigenvalue weighted by atomic mass is 9.98. The number of nitrogens with zero attached hydrogens (tertiary/aromatic N) is 2. The van der Waals surface area contributed by atoms with Gasteiger partial charge in [-0.1, -0.05) is 24.6 Å². The van der Waals surface area contributed by atoms with Crippen molar-refractivity contribution in [1.29, 1.82) is 0 Å². The summed E-state index contributed by atoms with van der Waals surface area (Å²) in [6, 6.07) is 3.75. The van der Waals surface area contributed by atoms with Crippen molar-refractivity contribution in [3.63, 3.8) is 0 Å². The minimum atomic E-state index is -0.517. The Morgan fingerprint density at radius 3 is 2.73 bits per heavy atom. The molecule has 2 aliphatic heterocycles. The number of benzene rings is 1.